The average Bonchev–Trinajstić information content (AvgIpc) is 2.73. The van der Waals surface area contributed by atoms with Gasteiger partial charge in [0.1, 0.15) is 11.6 Å². The minimum absolute atomic E-state index is 0. The SMILES string of the molecule is CCNC(=NCCc1cc(F)cc2c1OCOC2)Nc1ccc(OC)c(OC)c1.I. The summed E-state index contributed by atoms with van der Waals surface area (Å²) in [5.41, 5.74) is 2.32. The van der Waals surface area contributed by atoms with E-state index in [0.29, 0.717) is 49.3 Å². The molecule has 3 rings (SSSR count). The van der Waals surface area contributed by atoms with Crippen molar-refractivity contribution in [3.63, 3.8) is 0 Å². The van der Waals surface area contributed by atoms with E-state index in [2.05, 4.69) is 15.6 Å². The highest BCUT2D eigenvalue weighted by molar-refractivity contribution is 14.0. The summed E-state index contributed by atoms with van der Waals surface area (Å²) in [6.45, 7) is 3.69. The molecule has 2 aromatic rings. The van der Waals surface area contributed by atoms with Crippen LogP contribution in [0, 0.1) is 5.82 Å². The van der Waals surface area contributed by atoms with Gasteiger partial charge in [0.25, 0.3) is 0 Å². The van der Waals surface area contributed by atoms with Crippen LogP contribution >= 0.6 is 24.0 Å². The Morgan fingerprint density at radius 3 is 2.70 bits per heavy atom. The molecular formula is C21H27FIN3O4. The molecule has 2 N–H and O–H groups in total. The van der Waals surface area contributed by atoms with Gasteiger partial charge in [-0.25, -0.2) is 4.39 Å². The Kier molecular flexibility index (Phi) is 9.44. The molecule has 0 saturated heterocycles. The van der Waals surface area contributed by atoms with Crippen molar-refractivity contribution in [2.75, 3.05) is 39.4 Å². The van der Waals surface area contributed by atoms with E-state index in [1.165, 1.54) is 12.1 Å². The summed E-state index contributed by atoms with van der Waals surface area (Å²) in [5, 5.41) is 6.44. The number of nitrogens with zero attached hydrogens (tertiary/aromatic N) is 1. The van der Waals surface area contributed by atoms with Crippen molar-refractivity contribution in [3.05, 3.63) is 47.3 Å². The highest BCUT2D eigenvalue weighted by Crippen LogP contribution is 2.30. The Hall–Kier alpha value is -2.27. The predicted octanol–water partition coefficient (Wildman–Crippen LogP) is 3.95. The van der Waals surface area contributed by atoms with Gasteiger partial charge in [-0.15, -0.1) is 24.0 Å². The fourth-order valence-corrected chi connectivity index (χ4v) is 3.09. The maximum Gasteiger partial charge on any atom is 0.195 e. The molecule has 0 fully saturated rings. The third-order valence-corrected chi connectivity index (χ3v) is 4.39. The van der Waals surface area contributed by atoms with Crippen LogP contribution < -0.4 is 24.8 Å². The van der Waals surface area contributed by atoms with Crippen LogP contribution in [0.3, 0.4) is 0 Å². The first-order chi connectivity index (χ1) is 14.1. The van der Waals surface area contributed by atoms with E-state index in [-0.39, 0.29) is 36.6 Å². The molecule has 1 heterocycles. The molecule has 0 amide bonds. The maximum absolute atomic E-state index is 13.9. The fraction of sp³-hybridized carbons (Fsp3) is 0.381. The smallest absolute Gasteiger partial charge is 0.195 e. The zero-order valence-electron chi connectivity index (χ0n) is 17.3. The molecule has 0 unspecified atom stereocenters. The van der Waals surface area contributed by atoms with Crippen molar-refractivity contribution in [1.82, 2.24) is 5.32 Å². The number of ether oxygens (including phenoxy) is 4. The van der Waals surface area contributed by atoms with Gasteiger partial charge in [-0.2, -0.15) is 0 Å². The maximum atomic E-state index is 13.9. The third-order valence-electron chi connectivity index (χ3n) is 4.39. The second kappa shape index (κ2) is 11.8. The number of anilines is 1. The van der Waals surface area contributed by atoms with Gasteiger partial charge in [0, 0.05) is 30.4 Å². The summed E-state index contributed by atoms with van der Waals surface area (Å²) >= 11 is 0. The highest BCUT2D eigenvalue weighted by atomic mass is 127. The molecule has 0 aliphatic carbocycles. The topological polar surface area (TPSA) is 73.3 Å². The summed E-state index contributed by atoms with van der Waals surface area (Å²) in [6.07, 6.45) is 0.544. The van der Waals surface area contributed by atoms with Crippen molar-refractivity contribution in [1.29, 1.82) is 0 Å². The lowest BCUT2D eigenvalue weighted by Crippen LogP contribution is -2.31. The van der Waals surface area contributed by atoms with E-state index >= 15 is 0 Å². The molecule has 0 spiro atoms. The largest absolute Gasteiger partial charge is 0.493 e. The number of methoxy groups -OCH3 is 2. The molecule has 9 heteroatoms. The molecule has 164 valence electrons. The van der Waals surface area contributed by atoms with Crippen LogP contribution in [-0.2, 0) is 17.8 Å². The number of hydrogen-bond donors (Lipinski definition) is 2. The first kappa shape index (κ1) is 24.0. The number of fused-ring (bicyclic) bond motifs is 1. The van der Waals surface area contributed by atoms with Gasteiger partial charge < -0.3 is 29.6 Å². The van der Waals surface area contributed by atoms with Crippen LogP contribution in [0.1, 0.15) is 18.1 Å². The number of nitrogens with one attached hydrogen (secondary N) is 2. The average molecular weight is 531 g/mol. The Morgan fingerprint density at radius 2 is 1.97 bits per heavy atom. The third kappa shape index (κ3) is 6.11. The molecule has 0 aromatic heterocycles. The number of aliphatic imine (C=N–C) groups is 1. The van der Waals surface area contributed by atoms with Gasteiger partial charge in [0.05, 0.1) is 20.8 Å². The van der Waals surface area contributed by atoms with E-state index in [1.54, 1.807) is 14.2 Å². The van der Waals surface area contributed by atoms with Gasteiger partial charge in [-0.3, -0.25) is 4.99 Å². The molecule has 1 aliphatic rings. The Morgan fingerprint density at radius 1 is 1.17 bits per heavy atom. The zero-order chi connectivity index (χ0) is 20.6. The normalized spacial score (nSPS) is 12.9. The van der Waals surface area contributed by atoms with Crippen LogP contribution in [0.4, 0.5) is 10.1 Å². The minimum atomic E-state index is -0.299. The van der Waals surface area contributed by atoms with E-state index in [4.69, 9.17) is 18.9 Å². The molecule has 0 saturated carbocycles. The van der Waals surface area contributed by atoms with Crippen LogP contribution in [0.5, 0.6) is 17.2 Å². The van der Waals surface area contributed by atoms with Gasteiger partial charge in [0.2, 0.25) is 0 Å². The number of guanidine groups is 1. The molecule has 0 bridgehead atoms. The lowest BCUT2D eigenvalue weighted by Gasteiger charge is -2.20. The molecule has 2 aromatic carbocycles. The van der Waals surface area contributed by atoms with E-state index < -0.39 is 0 Å². The molecule has 1 aliphatic heterocycles. The molecule has 7 nitrogen and oxygen atoms in total. The predicted molar refractivity (Wildman–Crippen MR) is 125 cm³/mol. The number of hydrogen-bond acceptors (Lipinski definition) is 5. The summed E-state index contributed by atoms with van der Waals surface area (Å²) in [5.74, 6) is 2.30. The number of benzene rings is 2. The standard InChI is InChI=1S/C21H26FN3O4.HI/c1-4-23-21(25-17-5-6-18(26-2)19(11-17)27-3)24-8-7-14-9-16(22)10-15-12-28-13-29-20(14)15;/h5-6,9-11H,4,7-8,12-13H2,1-3H3,(H2,23,24,25);1H. The van der Waals surface area contributed by atoms with Crippen molar-refractivity contribution < 1.29 is 23.3 Å². The highest BCUT2D eigenvalue weighted by Gasteiger charge is 2.16. The van der Waals surface area contributed by atoms with E-state index in [0.717, 1.165) is 16.8 Å². The van der Waals surface area contributed by atoms with Crippen molar-refractivity contribution in [2.45, 2.75) is 20.0 Å². The summed E-state index contributed by atoms with van der Waals surface area (Å²) in [7, 11) is 3.19. The van der Waals surface area contributed by atoms with Crippen molar-refractivity contribution >= 4 is 35.6 Å². The Bertz CT molecular complexity index is 880. The lowest BCUT2D eigenvalue weighted by molar-refractivity contribution is -0.0172. The van der Waals surface area contributed by atoms with Crippen molar-refractivity contribution in [2.24, 2.45) is 4.99 Å². The minimum Gasteiger partial charge on any atom is -0.493 e. The van der Waals surface area contributed by atoms with Gasteiger partial charge in [-0.1, -0.05) is 0 Å². The summed E-state index contributed by atoms with van der Waals surface area (Å²) in [6, 6.07) is 8.48. The van der Waals surface area contributed by atoms with Crippen LogP contribution in [-0.4, -0.2) is 40.1 Å². The first-order valence-corrected chi connectivity index (χ1v) is 9.43. The van der Waals surface area contributed by atoms with Gasteiger partial charge in [0.15, 0.2) is 24.3 Å². The number of rotatable bonds is 7. The fourth-order valence-electron chi connectivity index (χ4n) is 3.09. The molecule has 0 radical (unpaired) electrons. The van der Waals surface area contributed by atoms with Crippen LogP contribution in [0.2, 0.25) is 0 Å². The quantitative estimate of drug-likeness (QED) is 0.321. The summed E-state index contributed by atoms with van der Waals surface area (Å²) < 4.78 is 35.3. The van der Waals surface area contributed by atoms with Crippen molar-refractivity contribution in [3.8, 4) is 17.2 Å². The van der Waals surface area contributed by atoms with Crippen LogP contribution in [0.25, 0.3) is 0 Å². The molecular weight excluding hydrogens is 504 g/mol. The molecule has 0 atom stereocenters. The molecule has 30 heavy (non-hydrogen) atoms. The first-order valence-electron chi connectivity index (χ1n) is 9.43. The second-order valence-corrected chi connectivity index (χ2v) is 6.37. The Balaban J connectivity index is 0.00000320. The van der Waals surface area contributed by atoms with Gasteiger partial charge in [-0.05, 0) is 43.2 Å². The monoisotopic (exact) mass is 531 g/mol. The van der Waals surface area contributed by atoms with Gasteiger partial charge >= 0.3 is 0 Å². The van der Waals surface area contributed by atoms with E-state index in [1.807, 2.05) is 25.1 Å². The lowest BCUT2D eigenvalue weighted by atomic mass is 10.1. The zero-order valence-corrected chi connectivity index (χ0v) is 19.6. The number of halogens is 2. The second-order valence-electron chi connectivity index (χ2n) is 6.37. The van der Waals surface area contributed by atoms with Crippen LogP contribution in [0.15, 0.2) is 35.3 Å². The van der Waals surface area contributed by atoms with E-state index in [9.17, 15) is 4.39 Å². The Labute approximate surface area is 193 Å². The summed E-state index contributed by atoms with van der Waals surface area (Å²) in [4.78, 5) is 4.59.